The van der Waals surface area contributed by atoms with Crippen LogP contribution in [0.1, 0.15) is 44.5 Å². The minimum atomic E-state index is 0.264. The second-order valence-corrected chi connectivity index (χ2v) is 6.57. The third-order valence-electron chi connectivity index (χ3n) is 4.24. The summed E-state index contributed by atoms with van der Waals surface area (Å²) in [5, 5.41) is 7.70. The molecule has 0 spiro atoms. The molecular formula is C16H23N5. The molecule has 1 atom stereocenters. The Morgan fingerprint density at radius 3 is 2.86 bits per heavy atom. The maximum atomic E-state index is 4.82. The third kappa shape index (κ3) is 2.70. The van der Waals surface area contributed by atoms with Gasteiger partial charge >= 0.3 is 0 Å². The molecule has 0 aromatic carbocycles. The minimum absolute atomic E-state index is 0.264. The largest absolute Gasteiger partial charge is 0.313 e. The first-order valence-electron chi connectivity index (χ1n) is 7.58. The predicted octanol–water partition coefficient (Wildman–Crippen LogP) is 2.59. The van der Waals surface area contributed by atoms with Crippen molar-refractivity contribution in [1.82, 2.24) is 25.1 Å². The maximum Gasteiger partial charge on any atom is 0.162 e. The number of aromatic nitrogens is 4. The zero-order chi connectivity index (χ0) is 15.0. The summed E-state index contributed by atoms with van der Waals surface area (Å²) < 4.78 is 1.90. The summed E-state index contributed by atoms with van der Waals surface area (Å²) in [6.45, 7) is 7.54. The molecule has 2 aromatic heterocycles. The first kappa shape index (κ1) is 14.2. The SMILES string of the molecule is CCn1cc(-c2ncc3c(n2)CC(C)(C)CC3NC)cn1. The Hall–Kier alpha value is -1.75. The fourth-order valence-electron chi connectivity index (χ4n) is 3.10. The van der Waals surface area contributed by atoms with Crippen LogP contribution in [0.2, 0.25) is 0 Å². The smallest absolute Gasteiger partial charge is 0.162 e. The Kier molecular flexibility index (Phi) is 3.53. The first-order chi connectivity index (χ1) is 10.0. The quantitative estimate of drug-likeness (QED) is 0.941. The van der Waals surface area contributed by atoms with E-state index in [1.807, 2.05) is 30.3 Å². The van der Waals surface area contributed by atoms with Crippen LogP contribution in [0.4, 0.5) is 0 Å². The Balaban J connectivity index is 2.00. The standard InChI is InChI=1S/C16H23N5/c1-5-21-10-11(8-19-21)15-18-9-12-13(17-4)6-16(2,3)7-14(12)20-15/h8-10,13,17H,5-7H2,1-4H3. The molecule has 2 aromatic rings. The number of fused-ring (bicyclic) bond motifs is 1. The highest BCUT2D eigenvalue weighted by Crippen LogP contribution is 2.39. The van der Waals surface area contributed by atoms with Gasteiger partial charge in [0, 0.05) is 36.2 Å². The number of nitrogens with zero attached hydrogens (tertiary/aromatic N) is 4. The van der Waals surface area contributed by atoms with Crippen molar-refractivity contribution in [2.24, 2.45) is 5.41 Å². The van der Waals surface area contributed by atoms with E-state index in [9.17, 15) is 0 Å². The van der Waals surface area contributed by atoms with Crippen LogP contribution in [0.15, 0.2) is 18.6 Å². The molecule has 1 aliphatic rings. The van der Waals surface area contributed by atoms with E-state index in [0.29, 0.717) is 6.04 Å². The van der Waals surface area contributed by atoms with Crippen molar-refractivity contribution in [2.45, 2.75) is 46.2 Å². The van der Waals surface area contributed by atoms with Crippen LogP contribution in [-0.4, -0.2) is 26.8 Å². The van der Waals surface area contributed by atoms with Crippen LogP contribution < -0.4 is 5.32 Å². The minimum Gasteiger partial charge on any atom is -0.313 e. The van der Waals surface area contributed by atoms with Crippen molar-refractivity contribution < 1.29 is 0 Å². The van der Waals surface area contributed by atoms with E-state index in [1.54, 1.807) is 0 Å². The lowest BCUT2D eigenvalue weighted by molar-refractivity contribution is 0.260. The lowest BCUT2D eigenvalue weighted by Crippen LogP contribution is -2.32. The fourth-order valence-corrected chi connectivity index (χ4v) is 3.10. The molecule has 5 nitrogen and oxygen atoms in total. The van der Waals surface area contributed by atoms with Crippen LogP contribution in [0.5, 0.6) is 0 Å². The molecule has 0 aliphatic heterocycles. The monoisotopic (exact) mass is 285 g/mol. The van der Waals surface area contributed by atoms with Gasteiger partial charge in [0.2, 0.25) is 0 Å². The Morgan fingerprint density at radius 1 is 1.38 bits per heavy atom. The summed E-state index contributed by atoms with van der Waals surface area (Å²) in [5.41, 5.74) is 3.66. The molecule has 5 heteroatoms. The van der Waals surface area contributed by atoms with Crippen LogP contribution in [0, 0.1) is 5.41 Å². The molecule has 0 bridgehead atoms. The zero-order valence-corrected chi connectivity index (χ0v) is 13.2. The molecule has 1 N–H and O–H groups in total. The van der Waals surface area contributed by atoms with Crippen molar-refractivity contribution in [1.29, 1.82) is 0 Å². The van der Waals surface area contributed by atoms with E-state index >= 15 is 0 Å². The van der Waals surface area contributed by atoms with Crippen molar-refractivity contribution in [3.63, 3.8) is 0 Å². The van der Waals surface area contributed by atoms with Crippen molar-refractivity contribution >= 4 is 0 Å². The van der Waals surface area contributed by atoms with Gasteiger partial charge in [0.05, 0.1) is 11.8 Å². The molecule has 0 saturated heterocycles. The molecule has 0 radical (unpaired) electrons. The highest BCUT2D eigenvalue weighted by Gasteiger charge is 2.32. The molecule has 0 fully saturated rings. The van der Waals surface area contributed by atoms with Crippen LogP contribution in [-0.2, 0) is 13.0 Å². The second-order valence-electron chi connectivity index (χ2n) is 6.57. The Bertz CT molecular complexity index is 644. The summed E-state index contributed by atoms with van der Waals surface area (Å²) in [7, 11) is 2.01. The normalized spacial score (nSPS) is 20.3. The molecule has 0 amide bonds. The highest BCUT2D eigenvalue weighted by atomic mass is 15.3. The van der Waals surface area contributed by atoms with E-state index < -0.39 is 0 Å². The summed E-state index contributed by atoms with van der Waals surface area (Å²) in [4.78, 5) is 9.37. The van der Waals surface area contributed by atoms with Gasteiger partial charge < -0.3 is 5.32 Å². The van der Waals surface area contributed by atoms with Crippen molar-refractivity contribution in [3.8, 4) is 11.4 Å². The Labute approximate surface area is 125 Å². The highest BCUT2D eigenvalue weighted by molar-refractivity contribution is 5.52. The van der Waals surface area contributed by atoms with E-state index in [0.717, 1.165) is 30.8 Å². The van der Waals surface area contributed by atoms with E-state index in [-0.39, 0.29) is 5.41 Å². The van der Waals surface area contributed by atoms with E-state index in [2.05, 4.69) is 36.2 Å². The summed E-state index contributed by atoms with van der Waals surface area (Å²) in [5.74, 6) is 0.779. The van der Waals surface area contributed by atoms with E-state index in [1.165, 1.54) is 11.3 Å². The van der Waals surface area contributed by atoms with Crippen LogP contribution in [0.25, 0.3) is 11.4 Å². The molecule has 0 saturated carbocycles. The average molecular weight is 285 g/mol. The van der Waals surface area contributed by atoms with Gasteiger partial charge in [-0.3, -0.25) is 4.68 Å². The number of hydrogen-bond donors (Lipinski definition) is 1. The number of nitrogens with one attached hydrogen (secondary N) is 1. The van der Waals surface area contributed by atoms with Gasteiger partial charge in [0.15, 0.2) is 5.82 Å². The lowest BCUT2D eigenvalue weighted by Gasteiger charge is -2.36. The van der Waals surface area contributed by atoms with Gasteiger partial charge in [-0.25, -0.2) is 9.97 Å². The zero-order valence-electron chi connectivity index (χ0n) is 13.2. The third-order valence-corrected chi connectivity index (χ3v) is 4.24. The van der Waals surface area contributed by atoms with Gasteiger partial charge in [0.25, 0.3) is 0 Å². The molecule has 1 unspecified atom stereocenters. The predicted molar refractivity (Wildman–Crippen MR) is 82.8 cm³/mol. The van der Waals surface area contributed by atoms with Crippen LogP contribution in [0.3, 0.4) is 0 Å². The number of hydrogen-bond acceptors (Lipinski definition) is 4. The van der Waals surface area contributed by atoms with Gasteiger partial charge in [-0.15, -0.1) is 0 Å². The first-order valence-corrected chi connectivity index (χ1v) is 7.58. The Morgan fingerprint density at radius 2 is 2.19 bits per heavy atom. The number of rotatable bonds is 3. The molecule has 1 aliphatic carbocycles. The summed E-state index contributed by atoms with van der Waals surface area (Å²) >= 11 is 0. The fraction of sp³-hybridized carbons (Fsp3) is 0.562. The molecule has 2 heterocycles. The van der Waals surface area contributed by atoms with Crippen molar-refractivity contribution in [3.05, 3.63) is 29.8 Å². The topological polar surface area (TPSA) is 55.6 Å². The summed E-state index contributed by atoms with van der Waals surface area (Å²) in [6, 6.07) is 0.344. The van der Waals surface area contributed by atoms with E-state index in [4.69, 9.17) is 4.98 Å². The van der Waals surface area contributed by atoms with Gasteiger partial charge in [-0.2, -0.15) is 5.10 Å². The van der Waals surface area contributed by atoms with Gasteiger partial charge in [0.1, 0.15) is 0 Å². The summed E-state index contributed by atoms with van der Waals surface area (Å²) in [6.07, 6.45) is 7.95. The molecule has 112 valence electrons. The molecule has 21 heavy (non-hydrogen) atoms. The van der Waals surface area contributed by atoms with Crippen LogP contribution >= 0.6 is 0 Å². The second kappa shape index (κ2) is 5.22. The maximum absolute atomic E-state index is 4.82. The van der Waals surface area contributed by atoms with Crippen molar-refractivity contribution in [2.75, 3.05) is 7.05 Å². The molecular weight excluding hydrogens is 262 g/mol. The van der Waals surface area contributed by atoms with Gasteiger partial charge in [-0.05, 0) is 32.2 Å². The lowest BCUT2D eigenvalue weighted by atomic mass is 9.74. The average Bonchev–Trinajstić information content (AvgIpc) is 2.93. The van der Waals surface area contributed by atoms with Gasteiger partial charge in [-0.1, -0.05) is 13.8 Å². The number of aryl methyl sites for hydroxylation is 1. The molecule has 3 rings (SSSR count).